The number of ether oxygens (including phenoxy) is 1. The zero-order valence-corrected chi connectivity index (χ0v) is 13.4. The van der Waals surface area contributed by atoms with E-state index in [2.05, 4.69) is 9.46 Å². The molecule has 23 heavy (non-hydrogen) atoms. The minimum absolute atomic E-state index is 0.170. The lowest BCUT2D eigenvalue weighted by Gasteiger charge is -2.07. The summed E-state index contributed by atoms with van der Waals surface area (Å²) < 4.78 is 31.5. The van der Waals surface area contributed by atoms with E-state index < -0.39 is 16.0 Å². The zero-order valence-electron chi connectivity index (χ0n) is 12.6. The summed E-state index contributed by atoms with van der Waals surface area (Å²) in [5.41, 5.74) is 1.59. The van der Waals surface area contributed by atoms with E-state index in [0.717, 1.165) is 5.56 Å². The quantitative estimate of drug-likeness (QED) is 0.651. The van der Waals surface area contributed by atoms with Gasteiger partial charge in [0.15, 0.2) is 0 Å². The van der Waals surface area contributed by atoms with Crippen LogP contribution in [0.25, 0.3) is 6.08 Å². The number of esters is 1. The molecule has 0 bridgehead atoms. The van der Waals surface area contributed by atoms with Gasteiger partial charge in [-0.3, -0.25) is 0 Å². The highest BCUT2D eigenvalue weighted by Crippen LogP contribution is 2.12. The Bertz CT molecular complexity index is 781. The molecule has 0 radical (unpaired) electrons. The number of hydrogen-bond acceptors (Lipinski definition) is 4. The van der Waals surface area contributed by atoms with Gasteiger partial charge in [0.25, 0.3) is 0 Å². The molecule has 2 aromatic rings. The standard InChI is InChI=1S/C17H17NO4S/c1-22-17(19)12-9-14-7-10-16(11-8-14)23(20,21)18-13-15-5-3-2-4-6-15/h2-12,18H,13H2,1H3/b12-9+. The van der Waals surface area contributed by atoms with Gasteiger partial charge in [-0.2, -0.15) is 0 Å². The number of rotatable bonds is 6. The lowest BCUT2D eigenvalue weighted by molar-refractivity contribution is -0.134. The summed E-state index contributed by atoms with van der Waals surface area (Å²) in [6.45, 7) is 0.229. The molecule has 0 atom stereocenters. The highest BCUT2D eigenvalue weighted by molar-refractivity contribution is 7.89. The maximum Gasteiger partial charge on any atom is 0.330 e. The van der Waals surface area contributed by atoms with Crippen LogP contribution in [0.4, 0.5) is 0 Å². The van der Waals surface area contributed by atoms with Gasteiger partial charge < -0.3 is 4.74 Å². The number of benzene rings is 2. The second-order valence-corrected chi connectivity index (χ2v) is 6.50. The summed E-state index contributed by atoms with van der Waals surface area (Å²) in [4.78, 5) is 11.2. The fourth-order valence-electron chi connectivity index (χ4n) is 1.85. The van der Waals surface area contributed by atoms with Gasteiger partial charge in [-0.15, -0.1) is 0 Å². The van der Waals surface area contributed by atoms with E-state index in [1.165, 1.54) is 25.3 Å². The highest BCUT2D eigenvalue weighted by atomic mass is 32.2. The number of nitrogens with one attached hydrogen (secondary N) is 1. The molecule has 6 heteroatoms. The Morgan fingerprint density at radius 3 is 2.35 bits per heavy atom. The third-order valence-electron chi connectivity index (χ3n) is 3.11. The second-order valence-electron chi connectivity index (χ2n) is 4.74. The predicted molar refractivity (Wildman–Crippen MR) is 88.0 cm³/mol. The molecule has 0 amide bonds. The molecule has 0 saturated heterocycles. The minimum Gasteiger partial charge on any atom is -0.466 e. The summed E-state index contributed by atoms with van der Waals surface area (Å²) in [6, 6.07) is 15.5. The van der Waals surface area contributed by atoms with Gasteiger partial charge in [-0.25, -0.2) is 17.9 Å². The van der Waals surface area contributed by atoms with Crippen LogP contribution in [0.5, 0.6) is 0 Å². The largest absolute Gasteiger partial charge is 0.466 e. The normalized spacial score (nSPS) is 11.5. The molecule has 0 spiro atoms. The van der Waals surface area contributed by atoms with Crippen LogP contribution in [0.15, 0.2) is 65.6 Å². The summed E-state index contributed by atoms with van der Waals surface area (Å²) in [7, 11) is -2.28. The van der Waals surface area contributed by atoms with Crippen LogP contribution in [0.2, 0.25) is 0 Å². The van der Waals surface area contributed by atoms with Crippen molar-refractivity contribution in [2.75, 3.05) is 7.11 Å². The Balaban J connectivity index is 2.05. The lowest BCUT2D eigenvalue weighted by atomic mass is 10.2. The van der Waals surface area contributed by atoms with Gasteiger partial charge in [-0.05, 0) is 29.3 Å². The Kier molecular flexibility index (Phi) is 5.67. The monoisotopic (exact) mass is 331 g/mol. The van der Waals surface area contributed by atoms with Crippen LogP contribution in [-0.2, 0) is 26.1 Å². The van der Waals surface area contributed by atoms with Crippen LogP contribution in [0.3, 0.4) is 0 Å². The van der Waals surface area contributed by atoms with E-state index in [1.807, 2.05) is 30.3 Å². The second kappa shape index (κ2) is 7.71. The molecule has 0 fully saturated rings. The number of sulfonamides is 1. The van der Waals surface area contributed by atoms with Crippen LogP contribution in [0.1, 0.15) is 11.1 Å². The molecule has 1 N–H and O–H groups in total. The van der Waals surface area contributed by atoms with Gasteiger partial charge >= 0.3 is 5.97 Å². The zero-order chi connectivity index (χ0) is 16.7. The third-order valence-corrected chi connectivity index (χ3v) is 4.53. The molecule has 0 aliphatic carbocycles. The molecule has 0 aliphatic heterocycles. The molecule has 0 aliphatic rings. The van der Waals surface area contributed by atoms with E-state index >= 15 is 0 Å². The van der Waals surface area contributed by atoms with Crippen molar-refractivity contribution < 1.29 is 17.9 Å². The first kappa shape index (κ1) is 16.9. The van der Waals surface area contributed by atoms with Crippen LogP contribution >= 0.6 is 0 Å². The molecular weight excluding hydrogens is 314 g/mol. The molecule has 120 valence electrons. The van der Waals surface area contributed by atoms with Crippen molar-refractivity contribution in [1.82, 2.24) is 4.72 Å². The SMILES string of the molecule is COC(=O)/C=C/c1ccc(S(=O)(=O)NCc2ccccc2)cc1. The predicted octanol–water partition coefficient (Wildman–Crippen LogP) is 2.35. The van der Waals surface area contributed by atoms with Crippen molar-refractivity contribution in [1.29, 1.82) is 0 Å². The van der Waals surface area contributed by atoms with Gasteiger partial charge in [0.2, 0.25) is 10.0 Å². The first-order chi connectivity index (χ1) is 11.0. The summed E-state index contributed by atoms with van der Waals surface area (Å²) in [6.07, 6.45) is 2.83. The van der Waals surface area contributed by atoms with Crippen LogP contribution in [-0.4, -0.2) is 21.5 Å². The number of hydrogen-bond donors (Lipinski definition) is 1. The summed E-state index contributed by atoms with van der Waals surface area (Å²) in [5, 5.41) is 0. The van der Waals surface area contributed by atoms with Crippen molar-refractivity contribution in [2.45, 2.75) is 11.4 Å². The van der Waals surface area contributed by atoms with Crippen molar-refractivity contribution in [3.63, 3.8) is 0 Å². The Morgan fingerprint density at radius 2 is 1.74 bits per heavy atom. The van der Waals surface area contributed by atoms with Crippen LogP contribution in [0, 0.1) is 0 Å². The average Bonchev–Trinajstić information content (AvgIpc) is 2.59. The van der Waals surface area contributed by atoms with Crippen molar-refractivity contribution >= 4 is 22.1 Å². The van der Waals surface area contributed by atoms with E-state index in [0.29, 0.717) is 5.56 Å². The first-order valence-electron chi connectivity index (χ1n) is 6.91. The smallest absolute Gasteiger partial charge is 0.330 e. The molecule has 0 unspecified atom stereocenters. The van der Waals surface area contributed by atoms with Gasteiger partial charge in [0, 0.05) is 12.6 Å². The van der Waals surface area contributed by atoms with E-state index in [-0.39, 0.29) is 11.4 Å². The number of carbonyl (C=O) groups is 1. The molecule has 0 aromatic heterocycles. The highest BCUT2D eigenvalue weighted by Gasteiger charge is 2.13. The van der Waals surface area contributed by atoms with Gasteiger partial charge in [0.05, 0.1) is 12.0 Å². The average molecular weight is 331 g/mol. The third kappa shape index (κ3) is 5.05. The molecular formula is C17H17NO4S. The summed E-state index contributed by atoms with van der Waals surface area (Å²) >= 11 is 0. The first-order valence-corrected chi connectivity index (χ1v) is 8.39. The van der Waals surface area contributed by atoms with Gasteiger partial charge in [-0.1, -0.05) is 42.5 Å². The van der Waals surface area contributed by atoms with Crippen LogP contribution < -0.4 is 4.72 Å². The Hall–Kier alpha value is -2.44. The van der Waals surface area contributed by atoms with Crippen molar-refractivity contribution in [2.24, 2.45) is 0 Å². The summed E-state index contributed by atoms with van der Waals surface area (Å²) in [5.74, 6) is -0.466. The fourth-order valence-corrected chi connectivity index (χ4v) is 2.87. The van der Waals surface area contributed by atoms with E-state index in [1.54, 1.807) is 18.2 Å². The molecule has 0 heterocycles. The van der Waals surface area contributed by atoms with Crippen molar-refractivity contribution in [3.8, 4) is 0 Å². The Labute approximate surface area is 135 Å². The maximum absolute atomic E-state index is 12.2. The number of methoxy groups -OCH3 is 1. The molecule has 0 saturated carbocycles. The van der Waals surface area contributed by atoms with Crippen molar-refractivity contribution in [3.05, 3.63) is 71.8 Å². The number of carbonyl (C=O) groups excluding carboxylic acids is 1. The maximum atomic E-state index is 12.2. The lowest BCUT2D eigenvalue weighted by Crippen LogP contribution is -2.23. The van der Waals surface area contributed by atoms with E-state index in [4.69, 9.17) is 0 Å². The molecule has 2 rings (SSSR count). The molecule has 2 aromatic carbocycles. The Morgan fingerprint density at radius 1 is 1.09 bits per heavy atom. The molecule has 5 nitrogen and oxygen atoms in total. The van der Waals surface area contributed by atoms with E-state index in [9.17, 15) is 13.2 Å². The fraction of sp³-hybridized carbons (Fsp3) is 0.118. The minimum atomic E-state index is -3.58. The van der Waals surface area contributed by atoms with Gasteiger partial charge in [0.1, 0.15) is 0 Å². The topological polar surface area (TPSA) is 72.5 Å².